The molecule has 1 aromatic rings. The number of hydrogen-bond acceptors (Lipinski definition) is 4. The number of ether oxygens (including phenoxy) is 2. The average Bonchev–Trinajstić information content (AvgIpc) is 3.30. The maximum atomic E-state index is 12.2. The van der Waals surface area contributed by atoms with E-state index in [-0.39, 0.29) is 12.1 Å². The van der Waals surface area contributed by atoms with Crippen molar-refractivity contribution in [2.45, 2.75) is 50.6 Å². The highest BCUT2D eigenvalue weighted by atomic mass is 19.4. The summed E-state index contributed by atoms with van der Waals surface area (Å²) in [4.78, 5) is 6.95. The molecule has 1 aromatic carbocycles. The van der Waals surface area contributed by atoms with E-state index in [1.807, 2.05) is 12.1 Å². The summed E-state index contributed by atoms with van der Waals surface area (Å²) >= 11 is 0. The first-order valence-electron chi connectivity index (χ1n) is 10.9. The van der Waals surface area contributed by atoms with Gasteiger partial charge in [-0.25, -0.2) is 0 Å². The van der Waals surface area contributed by atoms with Gasteiger partial charge in [0.2, 0.25) is 0 Å². The van der Waals surface area contributed by atoms with Crippen molar-refractivity contribution >= 4 is 5.96 Å². The average molecular weight is 443 g/mol. The van der Waals surface area contributed by atoms with Gasteiger partial charge in [0, 0.05) is 38.9 Å². The Morgan fingerprint density at radius 1 is 1.10 bits per heavy atom. The Morgan fingerprint density at radius 3 is 2.35 bits per heavy atom. The van der Waals surface area contributed by atoms with E-state index in [0.717, 1.165) is 57.2 Å². The number of likely N-dealkylation sites (tertiary alicyclic amines) is 1. The second-order valence-electron chi connectivity index (χ2n) is 8.23. The van der Waals surface area contributed by atoms with Crippen LogP contribution in [0, 0.1) is 0 Å². The molecule has 2 N–H and O–H groups in total. The van der Waals surface area contributed by atoms with Crippen molar-refractivity contribution in [3.63, 3.8) is 0 Å². The van der Waals surface area contributed by atoms with Crippen molar-refractivity contribution in [2.75, 3.05) is 46.5 Å². The number of benzene rings is 1. The molecule has 0 aliphatic carbocycles. The third kappa shape index (κ3) is 7.36. The maximum Gasteiger partial charge on any atom is 0.411 e. The van der Waals surface area contributed by atoms with Gasteiger partial charge in [0.25, 0.3) is 0 Å². The summed E-state index contributed by atoms with van der Waals surface area (Å²) in [7, 11) is 1.75. The van der Waals surface area contributed by atoms with E-state index in [1.165, 1.54) is 12.8 Å². The molecule has 6 nitrogen and oxygen atoms in total. The Bertz CT molecular complexity index is 698. The molecule has 0 saturated carbocycles. The third-order valence-electron chi connectivity index (χ3n) is 6.03. The Hall–Kier alpha value is -1.84. The fourth-order valence-electron chi connectivity index (χ4n) is 4.24. The first-order valence-corrected chi connectivity index (χ1v) is 10.9. The Kier molecular flexibility index (Phi) is 8.57. The van der Waals surface area contributed by atoms with E-state index in [2.05, 4.69) is 20.5 Å². The van der Waals surface area contributed by atoms with Gasteiger partial charge in [-0.05, 0) is 49.9 Å². The first-order chi connectivity index (χ1) is 14.9. The van der Waals surface area contributed by atoms with Crippen LogP contribution in [0.3, 0.4) is 0 Å². The molecule has 0 aromatic heterocycles. The molecule has 0 bridgehead atoms. The van der Waals surface area contributed by atoms with E-state index >= 15 is 0 Å². The molecular formula is C22H33F3N4O2. The summed E-state index contributed by atoms with van der Waals surface area (Å²) < 4.78 is 46.8. The second kappa shape index (κ2) is 11.2. The molecule has 2 aliphatic rings. The number of hydrogen-bond donors (Lipinski definition) is 2. The largest absolute Gasteiger partial charge is 0.411 e. The lowest BCUT2D eigenvalue weighted by Crippen LogP contribution is -2.58. The van der Waals surface area contributed by atoms with Crippen molar-refractivity contribution in [3.8, 4) is 0 Å². The Morgan fingerprint density at radius 2 is 1.74 bits per heavy atom. The molecule has 0 radical (unpaired) electrons. The molecule has 2 fully saturated rings. The zero-order valence-electron chi connectivity index (χ0n) is 18.1. The van der Waals surface area contributed by atoms with Crippen LogP contribution in [0.5, 0.6) is 0 Å². The van der Waals surface area contributed by atoms with Gasteiger partial charge in [0.15, 0.2) is 5.96 Å². The summed E-state index contributed by atoms with van der Waals surface area (Å²) in [5.74, 6) is 0.739. The summed E-state index contributed by atoms with van der Waals surface area (Å²) in [6.45, 7) is 3.99. The van der Waals surface area contributed by atoms with Gasteiger partial charge in [-0.1, -0.05) is 24.3 Å². The predicted molar refractivity (Wildman–Crippen MR) is 114 cm³/mol. The van der Waals surface area contributed by atoms with E-state index in [1.54, 1.807) is 19.2 Å². The fraction of sp³-hybridized carbons (Fsp3) is 0.682. The summed E-state index contributed by atoms with van der Waals surface area (Å²) in [6, 6.07) is 7.34. The predicted octanol–water partition coefficient (Wildman–Crippen LogP) is 3.08. The minimum atomic E-state index is -4.30. The number of nitrogens with zero attached hydrogens (tertiary/aromatic N) is 2. The van der Waals surface area contributed by atoms with Crippen molar-refractivity contribution in [2.24, 2.45) is 4.99 Å². The number of nitrogens with one attached hydrogen (secondary N) is 2. The van der Waals surface area contributed by atoms with Gasteiger partial charge < -0.3 is 20.1 Å². The van der Waals surface area contributed by atoms with Crippen LogP contribution in [0.2, 0.25) is 0 Å². The van der Waals surface area contributed by atoms with Gasteiger partial charge >= 0.3 is 6.18 Å². The first kappa shape index (κ1) is 23.8. The van der Waals surface area contributed by atoms with Crippen LogP contribution in [0.25, 0.3) is 0 Å². The molecule has 3 rings (SSSR count). The Balaban J connectivity index is 1.46. The van der Waals surface area contributed by atoms with Crippen LogP contribution in [-0.2, 0) is 22.6 Å². The Labute approximate surface area is 182 Å². The zero-order chi connectivity index (χ0) is 22.2. The lowest BCUT2D eigenvalue weighted by molar-refractivity contribution is -0.176. The zero-order valence-corrected chi connectivity index (χ0v) is 18.1. The lowest BCUT2D eigenvalue weighted by atomic mass is 9.88. The van der Waals surface area contributed by atoms with Crippen LogP contribution in [0.4, 0.5) is 13.2 Å². The van der Waals surface area contributed by atoms with Gasteiger partial charge in [0.1, 0.15) is 6.61 Å². The monoisotopic (exact) mass is 442 g/mol. The SMILES string of the molecule is CN=C(NCc1ccc(COCC(F)(F)F)cc1)NCC1(N2CCCC2)CCOCC1. The minimum absolute atomic E-state index is 0.0568. The molecule has 2 saturated heterocycles. The number of halogens is 3. The van der Waals surface area contributed by atoms with E-state index in [4.69, 9.17) is 9.47 Å². The van der Waals surface area contributed by atoms with Crippen molar-refractivity contribution < 1.29 is 22.6 Å². The van der Waals surface area contributed by atoms with Gasteiger partial charge in [-0.3, -0.25) is 9.89 Å². The molecule has 0 amide bonds. The van der Waals surface area contributed by atoms with E-state index in [9.17, 15) is 13.2 Å². The van der Waals surface area contributed by atoms with Crippen LogP contribution in [0.1, 0.15) is 36.8 Å². The smallest absolute Gasteiger partial charge is 0.381 e. The van der Waals surface area contributed by atoms with Crippen LogP contribution in [0.15, 0.2) is 29.3 Å². The van der Waals surface area contributed by atoms with Crippen LogP contribution in [-0.4, -0.2) is 69.1 Å². The molecule has 0 spiro atoms. The highest BCUT2D eigenvalue weighted by Gasteiger charge is 2.39. The minimum Gasteiger partial charge on any atom is -0.381 e. The quantitative estimate of drug-likeness (QED) is 0.479. The summed E-state index contributed by atoms with van der Waals surface area (Å²) in [6.07, 6.45) is 0.258. The topological polar surface area (TPSA) is 58.1 Å². The number of alkyl halides is 3. The van der Waals surface area contributed by atoms with Crippen molar-refractivity contribution in [1.82, 2.24) is 15.5 Å². The third-order valence-corrected chi connectivity index (χ3v) is 6.03. The number of guanidine groups is 1. The van der Waals surface area contributed by atoms with Crippen molar-refractivity contribution in [3.05, 3.63) is 35.4 Å². The van der Waals surface area contributed by atoms with E-state index < -0.39 is 12.8 Å². The lowest BCUT2D eigenvalue weighted by Gasteiger charge is -2.45. The molecule has 31 heavy (non-hydrogen) atoms. The summed E-state index contributed by atoms with van der Waals surface area (Å²) in [5.41, 5.74) is 1.84. The standard InChI is InChI=1S/C22H33F3N4O2/c1-26-20(28-16-21(8-12-30-13-9-21)29-10-2-3-11-29)27-14-18-4-6-19(7-5-18)15-31-17-22(23,24)25/h4-7H,2-3,8-17H2,1H3,(H2,26,27,28). The molecule has 0 atom stereocenters. The molecule has 2 aliphatic heterocycles. The van der Waals surface area contributed by atoms with E-state index in [0.29, 0.717) is 12.1 Å². The maximum absolute atomic E-state index is 12.2. The molecule has 2 heterocycles. The highest BCUT2D eigenvalue weighted by Crippen LogP contribution is 2.30. The molecule has 174 valence electrons. The summed E-state index contributed by atoms with van der Waals surface area (Å²) in [5, 5.41) is 6.82. The normalized spacial score (nSPS) is 20.1. The van der Waals surface area contributed by atoms with Gasteiger partial charge in [-0.15, -0.1) is 0 Å². The van der Waals surface area contributed by atoms with Crippen LogP contribution < -0.4 is 10.6 Å². The molecule has 0 unspecified atom stereocenters. The van der Waals surface area contributed by atoms with Crippen LogP contribution >= 0.6 is 0 Å². The highest BCUT2D eigenvalue weighted by molar-refractivity contribution is 5.79. The fourth-order valence-corrected chi connectivity index (χ4v) is 4.24. The second-order valence-corrected chi connectivity index (χ2v) is 8.23. The van der Waals surface area contributed by atoms with Gasteiger partial charge in [0.05, 0.1) is 6.61 Å². The molecular weight excluding hydrogens is 409 g/mol. The number of rotatable bonds is 8. The molecule has 9 heteroatoms. The van der Waals surface area contributed by atoms with Gasteiger partial charge in [-0.2, -0.15) is 13.2 Å². The number of aliphatic imine (C=N–C) groups is 1. The van der Waals surface area contributed by atoms with Crippen molar-refractivity contribution in [1.29, 1.82) is 0 Å².